The number of carbonyl (C=O) groups excluding carboxylic acids is 1. The van der Waals surface area contributed by atoms with Gasteiger partial charge in [0.15, 0.2) is 0 Å². The van der Waals surface area contributed by atoms with E-state index in [9.17, 15) is 10.1 Å². The zero-order chi connectivity index (χ0) is 26.4. The summed E-state index contributed by atoms with van der Waals surface area (Å²) in [5.41, 5.74) is 3.64. The minimum Gasteiger partial charge on any atom is -0.355 e. The number of halogens is 1. The van der Waals surface area contributed by atoms with Crippen LogP contribution in [0.5, 0.6) is 0 Å². The number of hydrogen-bond donors (Lipinski definition) is 0. The van der Waals surface area contributed by atoms with Crippen LogP contribution < -0.4 is 4.90 Å². The van der Waals surface area contributed by atoms with E-state index < -0.39 is 0 Å². The van der Waals surface area contributed by atoms with E-state index >= 15 is 4.39 Å². The normalized spacial score (nSPS) is 22.8. The van der Waals surface area contributed by atoms with Crippen LogP contribution in [0.1, 0.15) is 36.1 Å². The molecule has 38 heavy (non-hydrogen) atoms. The maximum Gasteiger partial charge on any atom is 0.245 e. The molecule has 1 unspecified atom stereocenters. The second kappa shape index (κ2) is 9.79. The van der Waals surface area contributed by atoms with Crippen molar-refractivity contribution in [2.24, 2.45) is 5.41 Å². The van der Waals surface area contributed by atoms with Gasteiger partial charge in [0.25, 0.3) is 0 Å². The first-order chi connectivity index (χ1) is 18.4. The van der Waals surface area contributed by atoms with Gasteiger partial charge in [-0.05, 0) is 57.0 Å². The molecule has 4 aliphatic rings. The van der Waals surface area contributed by atoms with Crippen LogP contribution in [0, 0.1) is 22.6 Å². The Morgan fingerprint density at radius 3 is 2.79 bits per heavy atom. The Bertz CT molecular complexity index is 1310. The summed E-state index contributed by atoms with van der Waals surface area (Å²) in [4.78, 5) is 26.1. The van der Waals surface area contributed by atoms with Crippen molar-refractivity contribution in [3.63, 3.8) is 0 Å². The molecule has 0 saturated carbocycles. The summed E-state index contributed by atoms with van der Waals surface area (Å²) in [6, 6.07) is 9.76. The lowest BCUT2D eigenvalue weighted by Gasteiger charge is -2.47. The van der Waals surface area contributed by atoms with Crippen LogP contribution >= 0.6 is 0 Å². The molecule has 1 aromatic carbocycles. The zero-order valence-electron chi connectivity index (χ0n) is 22.1. The molecule has 1 aromatic heterocycles. The van der Waals surface area contributed by atoms with Crippen LogP contribution in [0.25, 0.3) is 11.1 Å². The highest BCUT2D eigenvalue weighted by molar-refractivity contribution is 5.88. The predicted molar refractivity (Wildman–Crippen MR) is 145 cm³/mol. The van der Waals surface area contributed by atoms with Gasteiger partial charge in [-0.25, -0.2) is 9.37 Å². The number of likely N-dealkylation sites (tertiary alicyclic amines) is 2. The molecular formula is C30H35FN6O. The third kappa shape index (κ3) is 4.28. The van der Waals surface area contributed by atoms with E-state index in [2.05, 4.69) is 34.4 Å². The smallest absolute Gasteiger partial charge is 0.245 e. The molecule has 6 rings (SSSR count). The summed E-state index contributed by atoms with van der Waals surface area (Å²) in [6.45, 7) is 10.2. The average Bonchev–Trinajstić information content (AvgIpc) is 3.53. The Labute approximate surface area is 224 Å². The highest BCUT2D eigenvalue weighted by atomic mass is 19.1. The van der Waals surface area contributed by atoms with Crippen LogP contribution in [-0.4, -0.2) is 84.5 Å². The largest absolute Gasteiger partial charge is 0.355 e. The summed E-state index contributed by atoms with van der Waals surface area (Å²) in [5.74, 6) is 0.317. The van der Waals surface area contributed by atoms with Gasteiger partial charge in [0.2, 0.25) is 5.91 Å². The number of amides is 1. The molecule has 198 valence electrons. The fourth-order valence-corrected chi connectivity index (χ4v) is 7.00. The van der Waals surface area contributed by atoms with E-state index in [0.29, 0.717) is 48.2 Å². The molecule has 3 fully saturated rings. The van der Waals surface area contributed by atoms with Crippen molar-refractivity contribution in [3.05, 3.63) is 59.6 Å². The van der Waals surface area contributed by atoms with Crippen LogP contribution in [0.3, 0.4) is 0 Å². The number of anilines is 1. The molecule has 8 heteroatoms. The van der Waals surface area contributed by atoms with Crippen LogP contribution in [0.4, 0.5) is 10.2 Å². The third-order valence-electron chi connectivity index (χ3n) is 9.09. The quantitative estimate of drug-likeness (QED) is 0.570. The number of rotatable bonds is 5. The summed E-state index contributed by atoms with van der Waals surface area (Å²) in [7, 11) is 2.20. The van der Waals surface area contributed by atoms with Gasteiger partial charge in [0.05, 0.1) is 5.69 Å². The second-order valence-corrected chi connectivity index (χ2v) is 11.5. The molecule has 1 atom stereocenters. The van der Waals surface area contributed by atoms with Gasteiger partial charge >= 0.3 is 0 Å². The lowest BCUT2D eigenvalue weighted by atomic mass is 9.79. The van der Waals surface area contributed by atoms with E-state index in [4.69, 9.17) is 4.98 Å². The van der Waals surface area contributed by atoms with Crippen molar-refractivity contribution in [2.45, 2.75) is 38.3 Å². The molecule has 7 nitrogen and oxygen atoms in total. The summed E-state index contributed by atoms with van der Waals surface area (Å²) in [6.07, 6.45) is 5.51. The molecule has 5 heterocycles. The molecule has 3 saturated heterocycles. The number of aromatic nitrogens is 1. The Balaban J connectivity index is 1.36. The molecule has 0 N–H and O–H groups in total. The van der Waals surface area contributed by atoms with E-state index in [1.165, 1.54) is 25.0 Å². The minimum absolute atomic E-state index is 0.0141. The van der Waals surface area contributed by atoms with Gasteiger partial charge in [0, 0.05) is 68.4 Å². The van der Waals surface area contributed by atoms with Gasteiger partial charge < -0.3 is 14.7 Å². The van der Waals surface area contributed by atoms with Gasteiger partial charge in [-0.3, -0.25) is 9.69 Å². The van der Waals surface area contributed by atoms with Crippen LogP contribution in [0.15, 0.2) is 36.9 Å². The topological polar surface area (TPSA) is 66.7 Å². The maximum atomic E-state index is 15.2. The van der Waals surface area contributed by atoms with Crippen molar-refractivity contribution in [1.82, 2.24) is 19.7 Å². The number of fused-ring (bicyclic) bond motifs is 1. The van der Waals surface area contributed by atoms with Crippen molar-refractivity contribution in [1.29, 1.82) is 5.26 Å². The molecule has 0 bridgehead atoms. The zero-order valence-corrected chi connectivity index (χ0v) is 22.1. The van der Waals surface area contributed by atoms with Crippen LogP contribution in [-0.2, 0) is 17.8 Å². The summed E-state index contributed by atoms with van der Waals surface area (Å²) in [5, 5.41) is 10.4. The molecule has 0 radical (unpaired) electrons. The first-order valence-electron chi connectivity index (χ1n) is 13.7. The summed E-state index contributed by atoms with van der Waals surface area (Å²) < 4.78 is 15.2. The maximum absolute atomic E-state index is 15.2. The van der Waals surface area contributed by atoms with Gasteiger partial charge in [-0.1, -0.05) is 24.8 Å². The molecule has 0 aliphatic carbocycles. The Kier molecular flexibility index (Phi) is 6.45. The first kappa shape index (κ1) is 25.0. The highest BCUT2D eigenvalue weighted by Crippen LogP contribution is 2.44. The molecule has 2 aromatic rings. The van der Waals surface area contributed by atoms with Gasteiger partial charge in [0.1, 0.15) is 23.3 Å². The first-order valence-corrected chi connectivity index (χ1v) is 13.7. The molecular weight excluding hydrogens is 479 g/mol. The molecule has 1 amide bonds. The Morgan fingerprint density at radius 1 is 1.26 bits per heavy atom. The average molecular weight is 515 g/mol. The minimum atomic E-state index is -0.311. The van der Waals surface area contributed by atoms with Crippen molar-refractivity contribution < 1.29 is 9.18 Å². The monoisotopic (exact) mass is 514 g/mol. The van der Waals surface area contributed by atoms with E-state index in [1.807, 2.05) is 11.0 Å². The van der Waals surface area contributed by atoms with Gasteiger partial charge in [-0.15, -0.1) is 0 Å². The predicted octanol–water partition coefficient (Wildman–Crippen LogP) is 3.44. The number of carbonyl (C=O) groups is 1. The number of hydrogen-bond acceptors (Lipinski definition) is 6. The lowest BCUT2D eigenvalue weighted by molar-refractivity contribution is -0.136. The number of likely N-dealkylation sites (N-methyl/N-ethyl adjacent to an activating group) is 1. The van der Waals surface area contributed by atoms with Crippen molar-refractivity contribution in [2.75, 3.05) is 57.8 Å². The fraction of sp³-hybridized carbons (Fsp3) is 0.500. The Morgan fingerprint density at radius 2 is 2.08 bits per heavy atom. The van der Waals surface area contributed by atoms with Gasteiger partial charge in [-0.2, -0.15) is 5.26 Å². The number of pyridine rings is 1. The number of benzene rings is 1. The Hall–Kier alpha value is -3.28. The number of nitrogens with zero attached hydrogens (tertiary/aromatic N) is 6. The van der Waals surface area contributed by atoms with E-state index in [0.717, 1.165) is 56.8 Å². The van der Waals surface area contributed by atoms with Crippen molar-refractivity contribution >= 4 is 11.7 Å². The molecule has 1 spiro atoms. The number of nitriles is 1. The summed E-state index contributed by atoms with van der Waals surface area (Å²) >= 11 is 0. The standard InChI is InChI=1S/C30H35FN6O/c1-3-27(38)37-19-30(20-37)11-14-36(18-30)29-24(15-32)28(22-8-4-5-9-25(22)31)23-10-13-35(17-26(23)33-29)16-21-7-6-12-34(21)2/h3-5,8-9,21H,1,6-7,10-14,16-20H2,2H3. The molecule has 4 aliphatic heterocycles. The fourth-order valence-electron chi connectivity index (χ4n) is 7.00. The van der Waals surface area contributed by atoms with Crippen molar-refractivity contribution in [3.8, 4) is 17.2 Å². The lowest BCUT2D eigenvalue weighted by Crippen LogP contribution is -2.59. The van der Waals surface area contributed by atoms with E-state index in [-0.39, 0.29) is 17.1 Å². The highest BCUT2D eigenvalue weighted by Gasteiger charge is 2.49. The second-order valence-electron chi connectivity index (χ2n) is 11.5. The SMILES string of the molecule is C=CC(=O)N1CC2(CCN(c3nc4c(c(-c5ccccc5F)c3C#N)CCN(CC3CCCN3C)C4)C2)C1. The van der Waals surface area contributed by atoms with Crippen LogP contribution in [0.2, 0.25) is 0 Å². The van der Waals surface area contributed by atoms with E-state index in [1.54, 1.807) is 12.1 Å². The third-order valence-corrected chi connectivity index (χ3v) is 9.09.